The second kappa shape index (κ2) is 17.2. The quantitative estimate of drug-likeness (QED) is 0.107. The second-order valence-electron chi connectivity index (χ2n) is 22.0. The number of fused-ring (bicyclic) bond motifs is 7. The van der Waals surface area contributed by atoms with Gasteiger partial charge in [0.2, 0.25) is 0 Å². The predicted molar refractivity (Wildman–Crippen MR) is 221 cm³/mol. The Balaban J connectivity index is 0.975. The Hall–Kier alpha value is -0.940. The van der Waals surface area contributed by atoms with Gasteiger partial charge >= 0.3 is 0 Å². The summed E-state index contributed by atoms with van der Waals surface area (Å²) >= 11 is 0. The molecule has 26 atom stereocenters. The maximum absolute atomic E-state index is 11.7. The van der Waals surface area contributed by atoms with Gasteiger partial charge in [0.1, 0.15) is 67.1 Å². The van der Waals surface area contributed by atoms with E-state index in [4.69, 9.17) is 28.4 Å². The molecule has 17 nitrogen and oxygen atoms in total. The molecule has 8 aliphatic rings. The van der Waals surface area contributed by atoms with Gasteiger partial charge in [-0.15, -0.1) is 0 Å². The maximum atomic E-state index is 11.7. The molecule has 0 radical (unpaired) electrons. The van der Waals surface area contributed by atoms with E-state index in [-0.39, 0.29) is 39.9 Å². The van der Waals surface area contributed by atoms with Crippen LogP contribution in [0.25, 0.3) is 0 Å². The minimum absolute atomic E-state index is 0.00380. The van der Waals surface area contributed by atoms with Crippen LogP contribution in [0.2, 0.25) is 0 Å². The summed E-state index contributed by atoms with van der Waals surface area (Å²) in [5.74, 6) is 0.757. The van der Waals surface area contributed by atoms with E-state index in [2.05, 4.69) is 34.3 Å². The number of aliphatic hydroxyl groups is 11. The molecule has 26 unspecified atom stereocenters. The van der Waals surface area contributed by atoms with Gasteiger partial charge in [-0.1, -0.05) is 32.9 Å². The van der Waals surface area contributed by atoms with Crippen LogP contribution in [-0.2, 0) is 28.4 Å². The van der Waals surface area contributed by atoms with Crippen LogP contribution in [0.5, 0.6) is 0 Å². The highest BCUT2D eigenvalue weighted by molar-refractivity contribution is 5.23. The van der Waals surface area contributed by atoms with E-state index in [0.29, 0.717) is 25.2 Å². The van der Waals surface area contributed by atoms with Gasteiger partial charge in [-0.25, -0.2) is 0 Å². The molecule has 0 aromatic rings. The fourth-order valence-electron chi connectivity index (χ4n) is 15.1. The van der Waals surface area contributed by atoms with Crippen LogP contribution in [0, 0.1) is 45.8 Å². The van der Waals surface area contributed by atoms with Gasteiger partial charge in [-0.2, -0.15) is 0 Å². The molecule has 3 heterocycles. The Bertz CT molecular complexity index is 1650. The summed E-state index contributed by atoms with van der Waals surface area (Å²) in [5.41, 5.74) is -1.08. The van der Waals surface area contributed by atoms with Gasteiger partial charge in [0.15, 0.2) is 18.9 Å². The minimum atomic E-state index is -1.80. The number of aliphatic hydroxyl groups excluding tert-OH is 10. The Labute approximate surface area is 370 Å². The van der Waals surface area contributed by atoms with Gasteiger partial charge in [0.25, 0.3) is 0 Å². The third kappa shape index (κ3) is 7.54. The number of hydrogen-bond donors (Lipinski definition) is 11. The molecule has 5 saturated carbocycles. The average Bonchev–Trinajstić information content (AvgIpc) is 3.62. The summed E-state index contributed by atoms with van der Waals surface area (Å²) in [4.78, 5) is 0. The van der Waals surface area contributed by atoms with Crippen molar-refractivity contribution in [2.45, 2.75) is 215 Å². The molecule has 0 amide bonds. The van der Waals surface area contributed by atoms with Gasteiger partial charge in [-0.05, 0) is 131 Å². The smallest absolute Gasteiger partial charge is 0.187 e. The highest BCUT2D eigenvalue weighted by Crippen LogP contribution is 2.76. The lowest BCUT2D eigenvalue weighted by Crippen LogP contribution is -2.69. The molecule has 17 heteroatoms. The zero-order chi connectivity index (χ0) is 45.9. The molecule has 0 aromatic carbocycles. The second-order valence-corrected chi connectivity index (χ2v) is 22.0. The van der Waals surface area contributed by atoms with Gasteiger partial charge in [-0.3, -0.25) is 0 Å². The first kappa shape index (κ1) is 48.5. The minimum Gasteiger partial charge on any atom is -0.394 e. The number of rotatable bonds is 9. The molecule has 0 spiro atoms. The van der Waals surface area contributed by atoms with Crippen molar-refractivity contribution in [3.8, 4) is 0 Å². The van der Waals surface area contributed by atoms with Crippen molar-refractivity contribution in [3.63, 3.8) is 0 Å². The van der Waals surface area contributed by atoms with Crippen LogP contribution in [0.3, 0.4) is 0 Å². The Morgan fingerprint density at radius 3 is 1.97 bits per heavy atom. The fraction of sp³-hybridized carbons (Fsp3) is 0.957. The molecule has 0 bridgehead atoms. The largest absolute Gasteiger partial charge is 0.394 e. The van der Waals surface area contributed by atoms with E-state index in [1.807, 2.05) is 6.92 Å². The summed E-state index contributed by atoms with van der Waals surface area (Å²) in [7, 11) is 0. The van der Waals surface area contributed by atoms with E-state index in [1.54, 1.807) is 0 Å². The molecule has 8 fully saturated rings. The third-order valence-corrected chi connectivity index (χ3v) is 19.0. The first-order chi connectivity index (χ1) is 29.5. The van der Waals surface area contributed by atoms with E-state index >= 15 is 0 Å². The standard InChI is InChI=1S/C46H76O17/c1-20(2)22-10-15-46(17-16-43(5)23(29(22)46)8-9-26-42(4)13-12-28(48)45(7,57)27(42)11-14-44(26,43)6)63-41-36(55)33(52)31(50)25(61-41)19-58-39-37(56)34(53)38(24(18-47)60-39)62-40-35(54)32(51)30(49)21(3)59-40/h21-41,47-57H,1,8-19H2,2-7H3. The number of hydrogen-bond acceptors (Lipinski definition) is 17. The predicted octanol–water partition coefficient (Wildman–Crippen LogP) is -0.0254. The van der Waals surface area contributed by atoms with E-state index in [9.17, 15) is 56.2 Å². The molecule has 362 valence electrons. The van der Waals surface area contributed by atoms with Gasteiger partial charge < -0.3 is 84.6 Å². The van der Waals surface area contributed by atoms with Crippen LogP contribution in [0.1, 0.15) is 106 Å². The first-order valence-corrected chi connectivity index (χ1v) is 23.5. The molecular formula is C46H76O17. The Morgan fingerprint density at radius 2 is 1.29 bits per heavy atom. The summed E-state index contributed by atoms with van der Waals surface area (Å²) < 4.78 is 36.1. The summed E-state index contributed by atoms with van der Waals surface area (Å²) in [6, 6.07) is 0. The van der Waals surface area contributed by atoms with Crippen LogP contribution in [0.15, 0.2) is 12.2 Å². The SMILES string of the molecule is C=C(C)C1CCC2(OC3OC(COC4OC(CO)C(OC5OC(C)C(O)C(O)C5O)C(O)C4O)C(O)C(O)C3O)CCC3(C)C(CCC4C5(C)CCC(O)C(C)(O)C5CCC43C)C12. The molecule has 11 N–H and O–H groups in total. The highest BCUT2D eigenvalue weighted by atomic mass is 16.8. The van der Waals surface area contributed by atoms with E-state index in [1.165, 1.54) is 6.92 Å². The van der Waals surface area contributed by atoms with Crippen LogP contribution < -0.4 is 0 Å². The van der Waals surface area contributed by atoms with Crippen molar-refractivity contribution in [2.75, 3.05) is 13.2 Å². The third-order valence-electron chi connectivity index (χ3n) is 19.0. The molecule has 3 saturated heterocycles. The highest BCUT2D eigenvalue weighted by Gasteiger charge is 2.72. The van der Waals surface area contributed by atoms with Gasteiger partial charge in [0, 0.05) is 0 Å². The van der Waals surface area contributed by atoms with Gasteiger partial charge in [0.05, 0.1) is 36.6 Å². The monoisotopic (exact) mass is 901 g/mol. The normalized spacial score (nSPS) is 58.3. The topological polar surface area (TPSA) is 278 Å². The zero-order valence-electron chi connectivity index (χ0n) is 37.7. The van der Waals surface area contributed by atoms with E-state index < -0.39 is 123 Å². The van der Waals surface area contributed by atoms with Crippen molar-refractivity contribution in [3.05, 3.63) is 12.2 Å². The summed E-state index contributed by atoms with van der Waals surface area (Å²) in [5, 5.41) is 120. The van der Waals surface area contributed by atoms with Crippen molar-refractivity contribution in [1.82, 2.24) is 0 Å². The van der Waals surface area contributed by atoms with Crippen molar-refractivity contribution >= 4 is 0 Å². The van der Waals surface area contributed by atoms with Crippen LogP contribution in [0.4, 0.5) is 0 Å². The Morgan fingerprint density at radius 1 is 0.635 bits per heavy atom. The molecule has 0 aromatic heterocycles. The molecule has 5 aliphatic carbocycles. The summed E-state index contributed by atoms with van der Waals surface area (Å²) in [6.07, 6.45) is -15.4. The lowest BCUT2D eigenvalue weighted by Gasteiger charge is -2.72. The van der Waals surface area contributed by atoms with Crippen molar-refractivity contribution in [2.24, 2.45) is 45.8 Å². The lowest BCUT2D eigenvalue weighted by atomic mass is 9.33. The average molecular weight is 901 g/mol. The van der Waals surface area contributed by atoms with Crippen LogP contribution in [-0.4, -0.2) is 179 Å². The fourth-order valence-corrected chi connectivity index (χ4v) is 15.1. The number of ether oxygens (including phenoxy) is 6. The van der Waals surface area contributed by atoms with Crippen molar-refractivity contribution in [1.29, 1.82) is 0 Å². The zero-order valence-corrected chi connectivity index (χ0v) is 37.7. The number of allylic oxidation sites excluding steroid dienone is 1. The molecule has 63 heavy (non-hydrogen) atoms. The Kier molecular flexibility index (Phi) is 13.3. The summed E-state index contributed by atoms with van der Waals surface area (Å²) in [6.45, 7) is 15.8. The lowest BCUT2D eigenvalue weighted by molar-refractivity contribution is -0.368. The van der Waals surface area contributed by atoms with E-state index in [0.717, 1.165) is 50.5 Å². The molecular weight excluding hydrogens is 824 g/mol. The first-order valence-electron chi connectivity index (χ1n) is 23.5. The molecule has 8 rings (SSSR count). The maximum Gasteiger partial charge on any atom is 0.187 e. The van der Waals surface area contributed by atoms with Crippen molar-refractivity contribution < 1.29 is 84.6 Å². The molecule has 3 aliphatic heterocycles. The van der Waals surface area contributed by atoms with Crippen LogP contribution >= 0.6 is 0 Å².